The van der Waals surface area contributed by atoms with Crippen LogP contribution in [0.5, 0.6) is 0 Å². The van der Waals surface area contributed by atoms with Crippen LogP contribution in [-0.4, -0.2) is 50.2 Å². The fraction of sp³-hybridized carbons (Fsp3) is 0.941. The lowest BCUT2D eigenvalue weighted by Gasteiger charge is -2.31. The number of carbonyl (C=O) groups excluding carboxylic acids is 1. The molecule has 2 unspecified atom stereocenters. The number of likely N-dealkylation sites (tertiary alicyclic amines) is 1. The number of esters is 1. The maximum atomic E-state index is 11.8. The normalized spacial score (nSPS) is 28.5. The predicted molar refractivity (Wildman–Crippen MR) is 85.2 cm³/mol. The van der Waals surface area contributed by atoms with E-state index in [1.165, 1.54) is 38.8 Å². The zero-order chi connectivity index (χ0) is 15.1. The minimum atomic E-state index is 0.0133. The number of nitrogens with one attached hydrogen (secondary N) is 1. The molecule has 0 radical (unpaired) electrons. The van der Waals surface area contributed by atoms with Crippen LogP contribution in [-0.2, 0) is 9.53 Å². The van der Waals surface area contributed by atoms with Crippen molar-refractivity contribution in [3.05, 3.63) is 0 Å². The highest BCUT2D eigenvalue weighted by molar-refractivity contribution is 5.72. The summed E-state index contributed by atoms with van der Waals surface area (Å²) in [5, 5.41) is 3.69. The number of hydrogen-bond acceptors (Lipinski definition) is 4. The summed E-state index contributed by atoms with van der Waals surface area (Å²) in [6.07, 6.45) is 8.30. The van der Waals surface area contributed by atoms with E-state index in [1.54, 1.807) is 0 Å². The predicted octanol–water partition coefficient (Wildman–Crippen LogP) is 2.43. The molecule has 0 aromatic rings. The van der Waals surface area contributed by atoms with E-state index in [0.29, 0.717) is 12.6 Å². The van der Waals surface area contributed by atoms with Gasteiger partial charge >= 0.3 is 5.97 Å². The van der Waals surface area contributed by atoms with Crippen molar-refractivity contribution in [2.75, 3.05) is 33.3 Å². The van der Waals surface area contributed by atoms with Crippen LogP contribution in [0.4, 0.5) is 0 Å². The Bertz CT molecular complexity index is 314. The van der Waals surface area contributed by atoms with Gasteiger partial charge in [0, 0.05) is 6.04 Å². The highest BCUT2D eigenvalue weighted by atomic mass is 16.5. The summed E-state index contributed by atoms with van der Waals surface area (Å²) < 4.78 is 5.17. The molecule has 2 rings (SSSR count). The van der Waals surface area contributed by atoms with Crippen molar-refractivity contribution < 1.29 is 9.53 Å². The van der Waals surface area contributed by atoms with Crippen LogP contribution in [0.25, 0.3) is 0 Å². The maximum absolute atomic E-state index is 11.8. The average molecular weight is 296 g/mol. The molecule has 1 N–H and O–H groups in total. The molecule has 0 amide bonds. The third-order valence-corrected chi connectivity index (χ3v) is 5.12. The summed E-state index contributed by atoms with van der Waals surface area (Å²) in [6.45, 7) is 5.99. The first-order chi connectivity index (χ1) is 10.2. The number of piperidine rings is 1. The minimum absolute atomic E-state index is 0.0133. The molecule has 21 heavy (non-hydrogen) atoms. The summed E-state index contributed by atoms with van der Waals surface area (Å²) in [7, 11) is 2.21. The van der Waals surface area contributed by atoms with Crippen molar-refractivity contribution in [3.8, 4) is 0 Å². The van der Waals surface area contributed by atoms with E-state index in [0.717, 1.165) is 31.7 Å². The monoisotopic (exact) mass is 296 g/mol. The summed E-state index contributed by atoms with van der Waals surface area (Å²) in [5.74, 6) is 1.02. The van der Waals surface area contributed by atoms with E-state index in [4.69, 9.17) is 4.74 Å². The second kappa shape index (κ2) is 8.74. The van der Waals surface area contributed by atoms with Gasteiger partial charge in [0.25, 0.3) is 0 Å². The molecule has 4 heteroatoms. The van der Waals surface area contributed by atoms with Crippen LogP contribution in [0.3, 0.4) is 0 Å². The van der Waals surface area contributed by atoms with Gasteiger partial charge in [-0.1, -0.05) is 6.42 Å². The Labute approximate surface area is 129 Å². The molecule has 1 saturated heterocycles. The minimum Gasteiger partial charge on any atom is -0.466 e. The topological polar surface area (TPSA) is 41.6 Å². The van der Waals surface area contributed by atoms with Crippen molar-refractivity contribution in [2.45, 2.75) is 57.9 Å². The van der Waals surface area contributed by atoms with E-state index in [1.807, 2.05) is 6.92 Å². The molecule has 0 spiro atoms. The van der Waals surface area contributed by atoms with Crippen molar-refractivity contribution >= 4 is 5.97 Å². The smallest absolute Gasteiger partial charge is 0.308 e. The van der Waals surface area contributed by atoms with E-state index < -0.39 is 0 Å². The zero-order valence-corrected chi connectivity index (χ0v) is 13.8. The van der Waals surface area contributed by atoms with Crippen molar-refractivity contribution in [1.82, 2.24) is 10.2 Å². The lowest BCUT2D eigenvalue weighted by molar-refractivity contribution is -0.149. The summed E-state index contributed by atoms with van der Waals surface area (Å²) >= 11 is 0. The second-order valence-corrected chi connectivity index (χ2v) is 6.80. The van der Waals surface area contributed by atoms with E-state index in [2.05, 4.69) is 17.3 Å². The standard InChI is InChI=1S/C17H32N2O2/c1-3-21-17(20)15-5-4-6-16(13-15)18-10-7-14-8-11-19(2)12-9-14/h14-16,18H,3-13H2,1-2H3. The Hall–Kier alpha value is -0.610. The Morgan fingerprint density at radius 3 is 2.71 bits per heavy atom. The molecule has 1 saturated carbocycles. The van der Waals surface area contributed by atoms with Gasteiger partial charge in [-0.05, 0) is 78.0 Å². The van der Waals surface area contributed by atoms with Crippen LogP contribution in [0.15, 0.2) is 0 Å². The van der Waals surface area contributed by atoms with E-state index >= 15 is 0 Å². The van der Waals surface area contributed by atoms with Crippen LogP contribution < -0.4 is 5.32 Å². The van der Waals surface area contributed by atoms with Crippen molar-refractivity contribution in [1.29, 1.82) is 0 Å². The van der Waals surface area contributed by atoms with Gasteiger partial charge in [0.2, 0.25) is 0 Å². The largest absolute Gasteiger partial charge is 0.466 e. The first-order valence-corrected chi connectivity index (χ1v) is 8.77. The average Bonchev–Trinajstić information content (AvgIpc) is 2.50. The lowest BCUT2D eigenvalue weighted by Crippen LogP contribution is -2.38. The first kappa shape index (κ1) is 16.8. The number of hydrogen-bond donors (Lipinski definition) is 1. The fourth-order valence-corrected chi connectivity index (χ4v) is 3.69. The summed E-state index contributed by atoms with van der Waals surface area (Å²) in [6, 6.07) is 0.513. The number of carbonyl (C=O) groups is 1. The van der Waals surface area contributed by atoms with Crippen LogP contribution in [0.2, 0.25) is 0 Å². The Morgan fingerprint density at radius 2 is 2.00 bits per heavy atom. The second-order valence-electron chi connectivity index (χ2n) is 6.80. The van der Waals surface area contributed by atoms with Crippen LogP contribution in [0, 0.1) is 11.8 Å². The van der Waals surface area contributed by atoms with Gasteiger partial charge in [-0.3, -0.25) is 4.79 Å². The van der Waals surface area contributed by atoms with E-state index in [9.17, 15) is 4.79 Å². The molecule has 0 aromatic carbocycles. The molecular weight excluding hydrogens is 264 g/mol. The maximum Gasteiger partial charge on any atom is 0.308 e. The molecule has 2 aliphatic rings. The molecular formula is C17H32N2O2. The Kier molecular flexibility index (Phi) is 6.97. The third kappa shape index (κ3) is 5.59. The SMILES string of the molecule is CCOC(=O)C1CCCC(NCCC2CCN(C)CC2)C1. The van der Waals surface area contributed by atoms with Crippen molar-refractivity contribution in [3.63, 3.8) is 0 Å². The Balaban J connectivity index is 1.62. The number of ether oxygens (including phenoxy) is 1. The molecule has 1 aliphatic carbocycles. The lowest BCUT2D eigenvalue weighted by atomic mass is 9.85. The molecule has 2 fully saturated rings. The van der Waals surface area contributed by atoms with Gasteiger partial charge in [-0.25, -0.2) is 0 Å². The summed E-state index contributed by atoms with van der Waals surface area (Å²) in [5.41, 5.74) is 0. The summed E-state index contributed by atoms with van der Waals surface area (Å²) in [4.78, 5) is 14.3. The van der Waals surface area contributed by atoms with Gasteiger partial charge in [0.15, 0.2) is 0 Å². The quantitative estimate of drug-likeness (QED) is 0.764. The zero-order valence-electron chi connectivity index (χ0n) is 13.8. The van der Waals surface area contributed by atoms with Gasteiger partial charge in [0.05, 0.1) is 12.5 Å². The van der Waals surface area contributed by atoms with Crippen LogP contribution >= 0.6 is 0 Å². The fourth-order valence-electron chi connectivity index (χ4n) is 3.69. The van der Waals surface area contributed by atoms with Gasteiger partial charge in [0.1, 0.15) is 0 Å². The number of rotatable bonds is 6. The molecule has 0 bridgehead atoms. The molecule has 122 valence electrons. The van der Waals surface area contributed by atoms with Gasteiger partial charge in [-0.15, -0.1) is 0 Å². The number of nitrogens with zero attached hydrogens (tertiary/aromatic N) is 1. The van der Waals surface area contributed by atoms with Gasteiger partial charge in [-0.2, -0.15) is 0 Å². The first-order valence-electron chi connectivity index (χ1n) is 8.77. The molecule has 1 heterocycles. The van der Waals surface area contributed by atoms with Gasteiger partial charge < -0.3 is 15.0 Å². The van der Waals surface area contributed by atoms with E-state index in [-0.39, 0.29) is 11.9 Å². The highest BCUT2D eigenvalue weighted by Crippen LogP contribution is 2.26. The van der Waals surface area contributed by atoms with Crippen LogP contribution in [0.1, 0.15) is 51.9 Å². The van der Waals surface area contributed by atoms with Crippen molar-refractivity contribution in [2.24, 2.45) is 11.8 Å². The third-order valence-electron chi connectivity index (χ3n) is 5.12. The molecule has 0 aromatic heterocycles. The Morgan fingerprint density at radius 1 is 1.24 bits per heavy atom. The molecule has 2 atom stereocenters. The molecule has 4 nitrogen and oxygen atoms in total. The highest BCUT2D eigenvalue weighted by Gasteiger charge is 2.28. The molecule has 1 aliphatic heterocycles.